The summed E-state index contributed by atoms with van der Waals surface area (Å²) in [5.41, 5.74) is 2.20. The van der Waals surface area contributed by atoms with Crippen LogP contribution in [0, 0.1) is 10.8 Å². The van der Waals surface area contributed by atoms with Crippen LogP contribution in [-0.4, -0.2) is 47.5 Å². The Hall–Kier alpha value is -5.24. The van der Waals surface area contributed by atoms with Crippen molar-refractivity contribution < 1.29 is 19.2 Å². The molecule has 272 valence electrons. The summed E-state index contributed by atoms with van der Waals surface area (Å²) >= 11 is 0. The van der Waals surface area contributed by atoms with E-state index in [0.29, 0.717) is 24.0 Å². The molecule has 8 heteroatoms. The summed E-state index contributed by atoms with van der Waals surface area (Å²) in [6, 6.07) is 34.6. The first-order valence-electron chi connectivity index (χ1n) is 18.1. The van der Waals surface area contributed by atoms with Crippen molar-refractivity contribution in [3.8, 4) is 0 Å². The van der Waals surface area contributed by atoms with Crippen LogP contribution in [0.2, 0.25) is 0 Å². The van der Waals surface area contributed by atoms with Crippen LogP contribution in [0.5, 0.6) is 0 Å². The molecular formula is C44H52N4O4. The van der Waals surface area contributed by atoms with E-state index in [-0.39, 0.29) is 36.5 Å². The summed E-state index contributed by atoms with van der Waals surface area (Å²) < 4.78 is 0. The number of rotatable bonds is 8. The van der Waals surface area contributed by atoms with Crippen molar-refractivity contribution in [1.82, 2.24) is 10.6 Å². The molecular weight excluding hydrogens is 649 g/mol. The van der Waals surface area contributed by atoms with Crippen molar-refractivity contribution in [1.29, 1.82) is 0 Å². The molecule has 2 aliphatic rings. The number of ketones is 2. The second kappa shape index (κ2) is 15.6. The minimum absolute atomic E-state index is 0.0930. The van der Waals surface area contributed by atoms with E-state index in [9.17, 15) is 19.2 Å². The predicted molar refractivity (Wildman–Crippen MR) is 209 cm³/mol. The molecule has 0 saturated carbocycles. The Balaban J connectivity index is 0.000000201. The fourth-order valence-electron chi connectivity index (χ4n) is 6.83. The maximum atomic E-state index is 13.4. The molecule has 0 bridgehead atoms. The second-order valence-corrected chi connectivity index (χ2v) is 16.0. The van der Waals surface area contributed by atoms with Gasteiger partial charge in [-0.15, -0.1) is 0 Å². The molecule has 0 fully saturated rings. The van der Waals surface area contributed by atoms with E-state index in [2.05, 4.69) is 21.3 Å². The standard InChI is InChI=1S/2C22H26N2O2/c2*1-21(2,3)24-20(26)22(15-23-17-10-5-4-6-11-17)14-13-16-9-7-8-12-18(16)19(22)25/h2*4-12,23H,13-15H2,1-3H3,(H,24,26)/t2*22-/m11/s1. The van der Waals surface area contributed by atoms with Crippen molar-refractivity contribution in [2.45, 2.75) is 78.3 Å². The van der Waals surface area contributed by atoms with Crippen molar-refractivity contribution in [3.63, 3.8) is 0 Å². The Labute approximate surface area is 308 Å². The molecule has 2 atom stereocenters. The lowest BCUT2D eigenvalue weighted by Gasteiger charge is -2.38. The maximum absolute atomic E-state index is 13.4. The first-order chi connectivity index (χ1) is 24.6. The van der Waals surface area contributed by atoms with E-state index < -0.39 is 21.9 Å². The van der Waals surface area contributed by atoms with Crippen LogP contribution in [0.15, 0.2) is 109 Å². The molecule has 0 aliphatic heterocycles. The third kappa shape index (κ3) is 8.79. The van der Waals surface area contributed by atoms with E-state index in [1.807, 2.05) is 151 Å². The van der Waals surface area contributed by atoms with Crippen molar-refractivity contribution in [2.24, 2.45) is 10.8 Å². The van der Waals surface area contributed by atoms with Gasteiger partial charge >= 0.3 is 0 Å². The minimum atomic E-state index is -1.10. The van der Waals surface area contributed by atoms with Gasteiger partial charge in [0.1, 0.15) is 10.8 Å². The number of nitrogens with one attached hydrogen (secondary N) is 4. The van der Waals surface area contributed by atoms with Gasteiger partial charge in [-0.3, -0.25) is 19.2 Å². The van der Waals surface area contributed by atoms with E-state index in [1.165, 1.54) is 0 Å². The first-order valence-corrected chi connectivity index (χ1v) is 18.1. The minimum Gasteiger partial charge on any atom is -0.383 e. The summed E-state index contributed by atoms with van der Waals surface area (Å²) in [5.74, 6) is -0.588. The van der Waals surface area contributed by atoms with Crippen LogP contribution >= 0.6 is 0 Å². The molecule has 8 nitrogen and oxygen atoms in total. The van der Waals surface area contributed by atoms with Gasteiger partial charge in [-0.2, -0.15) is 0 Å². The lowest BCUT2D eigenvalue weighted by atomic mass is 9.69. The third-order valence-corrected chi connectivity index (χ3v) is 9.62. The summed E-state index contributed by atoms with van der Waals surface area (Å²) in [6.45, 7) is 12.2. The lowest BCUT2D eigenvalue weighted by molar-refractivity contribution is -0.130. The Bertz CT molecular complexity index is 1760. The molecule has 4 N–H and O–H groups in total. The third-order valence-electron chi connectivity index (χ3n) is 9.62. The largest absolute Gasteiger partial charge is 0.383 e. The Morgan fingerprint density at radius 3 is 1.19 bits per heavy atom. The molecule has 6 rings (SSSR count). The van der Waals surface area contributed by atoms with Crippen LogP contribution < -0.4 is 21.3 Å². The number of carbonyl (C=O) groups is 4. The quantitative estimate of drug-likeness (QED) is 0.140. The van der Waals surface area contributed by atoms with Crippen LogP contribution in [0.25, 0.3) is 0 Å². The monoisotopic (exact) mass is 700 g/mol. The highest BCUT2D eigenvalue weighted by molar-refractivity contribution is 6.16. The van der Waals surface area contributed by atoms with Crippen LogP contribution in [0.3, 0.4) is 0 Å². The van der Waals surface area contributed by atoms with E-state index in [0.717, 1.165) is 35.3 Å². The number of anilines is 2. The Kier molecular flexibility index (Phi) is 11.4. The number of carbonyl (C=O) groups excluding carboxylic acids is 4. The van der Waals surface area contributed by atoms with Gasteiger partial charge in [-0.1, -0.05) is 84.9 Å². The number of benzene rings is 4. The number of Topliss-reactive ketones (excluding diaryl/α,β-unsaturated/α-hetero) is 2. The summed E-state index contributed by atoms with van der Waals surface area (Å²) in [7, 11) is 0. The molecule has 52 heavy (non-hydrogen) atoms. The molecule has 2 aliphatic carbocycles. The number of para-hydroxylation sites is 2. The van der Waals surface area contributed by atoms with Gasteiger partial charge in [0.25, 0.3) is 0 Å². The highest BCUT2D eigenvalue weighted by Crippen LogP contribution is 2.38. The Morgan fingerprint density at radius 1 is 0.519 bits per heavy atom. The summed E-state index contributed by atoms with van der Waals surface area (Å²) in [6.07, 6.45) is 2.45. The van der Waals surface area contributed by atoms with Crippen molar-refractivity contribution >= 4 is 34.8 Å². The molecule has 0 aromatic heterocycles. The summed E-state index contributed by atoms with van der Waals surface area (Å²) in [5, 5.41) is 12.7. The zero-order chi connectivity index (χ0) is 37.6. The first kappa shape index (κ1) is 38.0. The Morgan fingerprint density at radius 2 is 0.846 bits per heavy atom. The number of fused-ring (bicyclic) bond motifs is 2. The molecule has 0 heterocycles. The highest BCUT2D eigenvalue weighted by Gasteiger charge is 2.50. The summed E-state index contributed by atoms with van der Waals surface area (Å²) in [4.78, 5) is 53.2. The van der Waals surface area contributed by atoms with Crippen LogP contribution in [0.1, 0.15) is 86.2 Å². The van der Waals surface area contributed by atoms with Gasteiger partial charge in [-0.25, -0.2) is 0 Å². The molecule has 2 amide bonds. The van der Waals surface area contributed by atoms with Gasteiger partial charge in [0.2, 0.25) is 11.8 Å². The fraction of sp³-hybridized carbons (Fsp3) is 0.364. The van der Waals surface area contributed by atoms with Gasteiger partial charge in [0.05, 0.1) is 0 Å². The smallest absolute Gasteiger partial charge is 0.236 e. The number of amides is 2. The lowest BCUT2D eigenvalue weighted by Crippen LogP contribution is -2.56. The zero-order valence-electron chi connectivity index (χ0n) is 31.3. The van der Waals surface area contributed by atoms with Crippen molar-refractivity contribution in [2.75, 3.05) is 23.7 Å². The SMILES string of the molecule is CC(C)(C)NC(=O)[C@@]1(CNc2ccccc2)CCc2ccccc2C1=O.CC(C)(C)NC(=O)[C@@]1(CNc2ccccc2)CCc2ccccc2C1=O. The number of aryl methyl sites for hydroxylation is 2. The second-order valence-electron chi connectivity index (χ2n) is 16.0. The van der Waals surface area contributed by atoms with Gasteiger partial charge in [0.15, 0.2) is 11.6 Å². The van der Waals surface area contributed by atoms with Crippen LogP contribution in [0.4, 0.5) is 11.4 Å². The molecule has 0 unspecified atom stereocenters. The molecule has 0 saturated heterocycles. The highest BCUT2D eigenvalue weighted by atomic mass is 16.2. The molecule has 0 radical (unpaired) electrons. The number of hydrogen-bond donors (Lipinski definition) is 4. The van der Waals surface area contributed by atoms with Crippen LogP contribution in [-0.2, 0) is 22.4 Å². The van der Waals surface area contributed by atoms with Crippen molar-refractivity contribution in [3.05, 3.63) is 131 Å². The topological polar surface area (TPSA) is 116 Å². The maximum Gasteiger partial charge on any atom is 0.236 e. The van der Waals surface area contributed by atoms with Gasteiger partial charge in [-0.05, 0) is 103 Å². The van der Waals surface area contributed by atoms with E-state index in [4.69, 9.17) is 0 Å². The zero-order valence-corrected chi connectivity index (χ0v) is 31.3. The number of hydrogen-bond acceptors (Lipinski definition) is 6. The fourth-order valence-corrected chi connectivity index (χ4v) is 6.83. The average molecular weight is 701 g/mol. The van der Waals surface area contributed by atoms with Gasteiger partial charge in [0, 0.05) is 46.7 Å². The van der Waals surface area contributed by atoms with E-state index in [1.54, 1.807) is 0 Å². The predicted octanol–water partition coefficient (Wildman–Crippen LogP) is 7.66. The van der Waals surface area contributed by atoms with Gasteiger partial charge < -0.3 is 21.3 Å². The molecule has 0 spiro atoms. The molecule has 4 aromatic carbocycles. The average Bonchev–Trinajstić information content (AvgIpc) is 3.11. The van der Waals surface area contributed by atoms with E-state index >= 15 is 0 Å². The normalized spacial score (nSPS) is 19.6. The molecule has 4 aromatic rings.